The van der Waals surface area contributed by atoms with Gasteiger partial charge in [-0.05, 0) is 61.2 Å². The second kappa shape index (κ2) is 9.81. The topological polar surface area (TPSA) is 109 Å². The van der Waals surface area contributed by atoms with E-state index in [1.165, 1.54) is 24.4 Å². The van der Waals surface area contributed by atoms with Gasteiger partial charge in [-0.3, -0.25) is 14.7 Å². The zero-order valence-corrected chi connectivity index (χ0v) is 20.2. The quantitative estimate of drug-likeness (QED) is 0.314. The Morgan fingerprint density at radius 2 is 1.95 bits per heavy atom. The van der Waals surface area contributed by atoms with Gasteiger partial charge < -0.3 is 15.4 Å². The molecule has 5 rings (SSSR count). The van der Waals surface area contributed by atoms with Crippen molar-refractivity contribution in [3.63, 3.8) is 0 Å². The molecule has 0 bridgehead atoms. The van der Waals surface area contributed by atoms with E-state index in [0.717, 1.165) is 25.0 Å². The van der Waals surface area contributed by atoms with E-state index in [-0.39, 0.29) is 29.0 Å². The molecule has 2 amide bonds. The fraction of sp³-hybridized carbons (Fsp3) is 0.259. The number of alkyl halides is 3. The van der Waals surface area contributed by atoms with Gasteiger partial charge in [0.2, 0.25) is 5.88 Å². The van der Waals surface area contributed by atoms with E-state index in [1.54, 1.807) is 25.1 Å². The van der Waals surface area contributed by atoms with Crippen LogP contribution in [-0.4, -0.2) is 40.1 Å². The summed E-state index contributed by atoms with van der Waals surface area (Å²) in [6.07, 6.45) is -1.11. The highest BCUT2D eigenvalue weighted by atomic mass is 19.4. The minimum atomic E-state index is -4.51. The number of rotatable bonds is 7. The maximum atomic E-state index is 13.2. The molecule has 0 unspecified atom stereocenters. The number of aromatic nitrogens is 3. The highest BCUT2D eigenvalue weighted by molar-refractivity contribution is 6.05. The van der Waals surface area contributed by atoms with Gasteiger partial charge in [0.25, 0.3) is 11.8 Å². The summed E-state index contributed by atoms with van der Waals surface area (Å²) in [5.41, 5.74) is 1.61. The number of nitrogens with one attached hydrogen (secondary N) is 3. The van der Waals surface area contributed by atoms with Crippen LogP contribution in [0.15, 0.2) is 54.7 Å². The zero-order chi connectivity index (χ0) is 27.7. The lowest BCUT2D eigenvalue weighted by atomic mass is 10.0. The predicted molar refractivity (Wildman–Crippen MR) is 134 cm³/mol. The van der Waals surface area contributed by atoms with E-state index in [4.69, 9.17) is 6.11 Å². The maximum absolute atomic E-state index is 13.2. The Balaban J connectivity index is 1.41. The Labute approximate surface area is 217 Å². The van der Waals surface area contributed by atoms with Gasteiger partial charge in [-0.15, -0.1) is 0 Å². The van der Waals surface area contributed by atoms with Crippen molar-refractivity contribution in [1.82, 2.24) is 25.8 Å². The summed E-state index contributed by atoms with van der Waals surface area (Å²) in [5, 5.41) is 13.3. The van der Waals surface area contributed by atoms with Gasteiger partial charge in [0, 0.05) is 23.2 Å². The molecule has 1 atom stereocenters. The Kier molecular flexibility index (Phi) is 6.18. The predicted octanol–water partition coefficient (Wildman–Crippen LogP) is 5.04. The summed E-state index contributed by atoms with van der Waals surface area (Å²) in [4.78, 5) is 29.9. The molecular weight excluding hydrogens is 499 g/mol. The van der Waals surface area contributed by atoms with Crippen LogP contribution in [-0.2, 0) is 6.18 Å². The normalized spacial score (nSPS) is 14.6. The number of benzene rings is 2. The smallest absolute Gasteiger partial charge is 0.416 e. The van der Waals surface area contributed by atoms with Gasteiger partial charge in [-0.1, -0.05) is 18.2 Å². The third kappa shape index (κ3) is 5.17. The fourth-order valence-corrected chi connectivity index (χ4v) is 4.08. The zero-order valence-electron chi connectivity index (χ0n) is 21.2. The largest absolute Gasteiger partial charge is 0.480 e. The molecule has 38 heavy (non-hydrogen) atoms. The van der Waals surface area contributed by atoms with Gasteiger partial charge in [0.1, 0.15) is 5.56 Å². The molecule has 2 aromatic carbocycles. The Bertz CT molecular complexity index is 1550. The molecule has 3 N–H and O–H groups in total. The number of H-pyrrole nitrogens is 1. The number of fused-ring (bicyclic) bond motifs is 1. The molecule has 0 aliphatic heterocycles. The van der Waals surface area contributed by atoms with Crippen LogP contribution in [0.5, 0.6) is 5.88 Å². The van der Waals surface area contributed by atoms with Crippen LogP contribution < -0.4 is 15.4 Å². The monoisotopic (exact) mass is 524 g/mol. The summed E-state index contributed by atoms with van der Waals surface area (Å²) < 4.78 is 52.0. The lowest BCUT2D eigenvalue weighted by Crippen LogP contribution is -2.27. The number of ether oxygens (including phenoxy) is 1. The Hall–Kier alpha value is -4.41. The number of halogens is 3. The van der Waals surface area contributed by atoms with Crippen molar-refractivity contribution in [2.24, 2.45) is 0 Å². The van der Waals surface area contributed by atoms with E-state index >= 15 is 0 Å². The average molecular weight is 525 g/mol. The highest BCUT2D eigenvalue weighted by Crippen LogP contribution is 2.32. The van der Waals surface area contributed by atoms with Crippen molar-refractivity contribution in [3.8, 4) is 17.0 Å². The molecule has 0 radical (unpaired) electrons. The van der Waals surface area contributed by atoms with Crippen LogP contribution >= 0.6 is 0 Å². The number of pyridine rings is 1. The van der Waals surface area contributed by atoms with E-state index < -0.39 is 30.8 Å². The van der Waals surface area contributed by atoms with E-state index in [0.29, 0.717) is 27.7 Å². The molecule has 2 heterocycles. The first-order valence-electron chi connectivity index (χ1n) is 12.5. The van der Waals surface area contributed by atoms with E-state index in [1.807, 2.05) is 0 Å². The summed E-state index contributed by atoms with van der Waals surface area (Å²) in [7, 11) is -0.485. The second-order valence-electron chi connectivity index (χ2n) is 9.12. The van der Waals surface area contributed by atoms with Gasteiger partial charge in [-0.25, -0.2) is 4.98 Å². The van der Waals surface area contributed by atoms with Crippen LogP contribution in [0.1, 0.15) is 59.2 Å². The van der Waals surface area contributed by atoms with Crippen molar-refractivity contribution in [2.45, 2.75) is 38.0 Å². The summed E-state index contributed by atoms with van der Waals surface area (Å²) in [6, 6.07) is 11.0. The highest BCUT2D eigenvalue weighted by Gasteiger charge is 2.31. The van der Waals surface area contributed by atoms with Gasteiger partial charge >= 0.3 is 6.18 Å². The van der Waals surface area contributed by atoms with Crippen LogP contribution in [0, 0.1) is 0 Å². The lowest BCUT2D eigenvalue weighted by molar-refractivity contribution is -0.137. The fourth-order valence-electron chi connectivity index (χ4n) is 4.08. The first-order chi connectivity index (χ1) is 18.6. The van der Waals surface area contributed by atoms with Gasteiger partial charge in [0.05, 0.1) is 25.6 Å². The molecule has 1 aliphatic rings. The molecule has 1 aliphatic carbocycles. The van der Waals surface area contributed by atoms with E-state index in [9.17, 15) is 22.8 Å². The van der Waals surface area contributed by atoms with Gasteiger partial charge in [0.15, 0.2) is 5.69 Å². The first kappa shape index (κ1) is 24.0. The van der Waals surface area contributed by atoms with Crippen molar-refractivity contribution in [1.29, 1.82) is 0 Å². The van der Waals surface area contributed by atoms with Crippen molar-refractivity contribution < 1.29 is 28.9 Å². The molecule has 11 heteroatoms. The van der Waals surface area contributed by atoms with Crippen LogP contribution in [0.3, 0.4) is 0 Å². The third-order valence-corrected chi connectivity index (χ3v) is 6.32. The first-order valence-corrected chi connectivity index (χ1v) is 11.8. The van der Waals surface area contributed by atoms with Crippen LogP contribution in [0.25, 0.3) is 22.0 Å². The number of hydrogen-bond acceptors (Lipinski definition) is 5. The number of aromatic amines is 1. The molecule has 4 aromatic rings. The maximum Gasteiger partial charge on any atom is 0.416 e. The molecule has 0 spiro atoms. The number of amides is 2. The van der Waals surface area contributed by atoms with Crippen molar-refractivity contribution >= 4 is 22.7 Å². The second-order valence-corrected chi connectivity index (χ2v) is 9.12. The Morgan fingerprint density at radius 3 is 2.68 bits per heavy atom. The van der Waals surface area contributed by atoms with Crippen LogP contribution in [0.4, 0.5) is 13.2 Å². The molecule has 1 fully saturated rings. The Morgan fingerprint density at radius 1 is 1.13 bits per heavy atom. The number of hydrogen-bond donors (Lipinski definition) is 3. The summed E-state index contributed by atoms with van der Waals surface area (Å²) in [6.45, 7) is 1.57. The molecule has 2 aromatic heterocycles. The SMILES string of the molecule is [2H]COc1ncc(-c2ccc3c(C(=O)NC4CC4)n[nH]c3c2)cc1C(=O)N[C@H](C)c1cccc(C(F)(F)F)c1. The molecule has 196 valence electrons. The minimum absolute atomic E-state index is 0.0211. The average Bonchev–Trinajstić information content (AvgIpc) is 3.63. The van der Waals surface area contributed by atoms with Crippen molar-refractivity contribution in [2.75, 3.05) is 7.09 Å². The number of nitrogens with zero attached hydrogens (tertiary/aromatic N) is 2. The molecular formula is C27H24F3N5O3. The summed E-state index contributed by atoms with van der Waals surface area (Å²) in [5.74, 6) is -0.951. The standard InChI is InChI=1S/C27H24F3N5O3/c1-14(15-4-3-5-18(10-15)27(28,29)30)32-24(36)21-11-17(13-31-26(21)38-2)16-6-9-20-22(12-16)34-35-23(20)25(37)33-19-7-8-19/h3-6,9-14,19H,7-8H2,1-2H3,(H,32,36)(H,33,37)(H,34,35)/t14-/m1/s1/i2D. The van der Waals surface area contributed by atoms with Gasteiger partial charge in [-0.2, -0.15) is 18.3 Å². The summed E-state index contributed by atoms with van der Waals surface area (Å²) >= 11 is 0. The van der Waals surface area contributed by atoms with E-state index in [2.05, 4.69) is 25.8 Å². The number of carbonyl (C=O) groups excluding carboxylic acids is 2. The van der Waals surface area contributed by atoms with Crippen molar-refractivity contribution in [3.05, 3.63) is 77.1 Å². The third-order valence-electron chi connectivity index (χ3n) is 6.32. The molecule has 0 saturated heterocycles. The molecule has 1 saturated carbocycles. The lowest BCUT2D eigenvalue weighted by Gasteiger charge is -2.17. The van der Waals surface area contributed by atoms with Crippen LogP contribution in [0.2, 0.25) is 0 Å². The minimum Gasteiger partial charge on any atom is -0.480 e. The molecule has 8 nitrogen and oxygen atoms in total. The number of carbonyl (C=O) groups is 2. The number of methoxy groups -OCH3 is 1.